The van der Waals surface area contributed by atoms with Crippen molar-refractivity contribution in [3.05, 3.63) is 41.6 Å². The summed E-state index contributed by atoms with van der Waals surface area (Å²) in [5.41, 5.74) is 3.75. The molecule has 4 heteroatoms. The van der Waals surface area contributed by atoms with E-state index in [1.54, 1.807) is 20.4 Å². The van der Waals surface area contributed by atoms with Gasteiger partial charge in [0.1, 0.15) is 0 Å². The highest BCUT2D eigenvalue weighted by molar-refractivity contribution is 5.69. The number of nitrogens with zero attached hydrogens (tertiary/aromatic N) is 1. The van der Waals surface area contributed by atoms with Gasteiger partial charge in [-0.3, -0.25) is 4.98 Å². The Morgan fingerprint density at radius 1 is 1.23 bits per heavy atom. The molecule has 1 N–H and O–H groups in total. The quantitative estimate of drug-likeness (QED) is 0.917. The second-order valence-electron chi connectivity index (χ2n) is 5.60. The molecular formula is C18H21NO3. The van der Waals surface area contributed by atoms with Gasteiger partial charge in [0.05, 0.1) is 26.5 Å². The second kappa shape index (κ2) is 6.36. The highest BCUT2D eigenvalue weighted by Gasteiger charge is 2.26. The number of methoxy groups -OCH3 is 2. The summed E-state index contributed by atoms with van der Waals surface area (Å²) in [5, 5.41) is 9.55. The molecule has 0 radical (unpaired) electrons. The molecule has 1 aliphatic carbocycles. The van der Waals surface area contributed by atoms with E-state index in [1.807, 2.05) is 18.2 Å². The third kappa shape index (κ3) is 2.55. The molecule has 1 fully saturated rings. The van der Waals surface area contributed by atoms with Gasteiger partial charge in [-0.25, -0.2) is 0 Å². The number of pyridine rings is 1. The molecule has 1 heterocycles. The highest BCUT2D eigenvalue weighted by Crippen LogP contribution is 2.46. The summed E-state index contributed by atoms with van der Waals surface area (Å²) in [6.07, 6.45) is 5.36. The summed E-state index contributed by atoms with van der Waals surface area (Å²) in [7, 11) is 3.33. The summed E-state index contributed by atoms with van der Waals surface area (Å²) in [6, 6.07) is 7.79. The number of benzene rings is 1. The molecule has 0 bridgehead atoms. The standard InChI is InChI=1S/C18H21NO3/c1-21-16-10-14(17-13(11-20)7-4-8-19-17)9-15(18(16)22-2)12-5-3-6-12/h4,7-10,12,20H,3,5-6,11H2,1-2H3. The molecule has 22 heavy (non-hydrogen) atoms. The number of aromatic nitrogens is 1. The van der Waals surface area contributed by atoms with Crippen LogP contribution in [0.4, 0.5) is 0 Å². The van der Waals surface area contributed by atoms with Gasteiger partial charge in [-0.1, -0.05) is 12.5 Å². The lowest BCUT2D eigenvalue weighted by Crippen LogP contribution is -2.11. The molecule has 1 aromatic carbocycles. The van der Waals surface area contributed by atoms with Crippen LogP contribution >= 0.6 is 0 Å². The molecule has 0 atom stereocenters. The molecule has 0 saturated heterocycles. The van der Waals surface area contributed by atoms with Crippen LogP contribution in [0.1, 0.15) is 36.3 Å². The first kappa shape index (κ1) is 14.9. The number of hydrogen-bond acceptors (Lipinski definition) is 4. The van der Waals surface area contributed by atoms with Crippen molar-refractivity contribution in [2.24, 2.45) is 0 Å². The van der Waals surface area contributed by atoms with E-state index in [0.717, 1.165) is 28.3 Å². The fourth-order valence-corrected chi connectivity index (χ4v) is 2.98. The molecule has 0 aliphatic heterocycles. The number of aliphatic hydroxyl groups excluding tert-OH is 1. The van der Waals surface area contributed by atoms with Gasteiger partial charge in [0.2, 0.25) is 0 Å². The van der Waals surface area contributed by atoms with Gasteiger partial charge in [0.25, 0.3) is 0 Å². The van der Waals surface area contributed by atoms with Crippen molar-refractivity contribution in [3.8, 4) is 22.8 Å². The van der Waals surface area contributed by atoms with E-state index in [2.05, 4.69) is 11.1 Å². The van der Waals surface area contributed by atoms with Gasteiger partial charge >= 0.3 is 0 Å². The fourth-order valence-electron chi connectivity index (χ4n) is 2.98. The van der Waals surface area contributed by atoms with Gasteiger partial charge in [0, 0.05) is 22.9 Å². The van der Waals surface area contributed by atoms with Gasteiger partial charge in [-0.2, -0.15) is 0 Å². The second-order valence-corrected chi connectivity index (χ2v) is 5.60. The maximum atomic E-state index is 9.55. The van der Waals surface area contributed by atoms with Gasteiger partial charge in [-0.15, -0.1) is 0 Å². The number of rotatable bonds is 5. The van der Waals surface area contributed by atoms with Crippen LogP contribution in [0, 0.1) is 0 Å². The Morgan fingerprint density at radius 3 is 2.64 bits per heavy atom. The average Bonchev–Trinajstić information content (AvgIpc) is 2.52. The minimum atomic E-state index is -0.0315. The molecule has 1 aromatic heterocycles. The van der Waals surface area contributed by atoms with Crippen molar-refractivity contribution in [2.45, 2.75) is 31.8 Å². The molecule has 2 aromatic rings. The summed E-state index contributed by atoms with van der Waals surface area (Å²) in [5.74, 6) is 2.05. The predicted molar refractivity (Wildman–Crippen MR) is 85.3 cm³/mol. The van der Waals surface area contributed by atoms with Crippen LogP contribution < -0.4 is 9.47 Å². The molecule has 0 amide bonds. The molecule has 3 rings (SSSR count). The Labute approximate surface area is 130 Å². The third-order valence-electron chi connectivity index (χ3n) is 4.39. The molecule has 4 nitrogen and oxygen atoms in total. The Balaban J connectivity index is 2.15. The number of aliphatic hydroxyl groups is 1. The van der Waals surface area contributed by atoms with Crippen LogP contribution in [-0.4, -0.2) is 24.3 Å². The van der Waals surface area contributed by atoms with E-state index in [9.17, 15) is 5.11 Å². The molecule has 1 saturated carbocycles. The Morgan fingerprint density at radius 2 is 2.05 bits per heavy atom. The van der Waals surface area contributed by atoms with E-state index < -0.39 is 0 Å². The van der Waals surface area contributed by atoms with Crippen LogP contribution in [-0.2, 0) is 6.61 Å². The zero-order chi connectivity index (χ0) is 15.5. The minimum Gasteiger partial charge on any atom is -0.493 e. The van der Waals surface area contributed by atoms with Crippen LogP contribution in [0.5, 0.6) is 11.5 Å². The summed E-state index contributed by atoms with van der Waals surface area (Å²) in [4.78, 5) is 4.44. The number of ether oxygens (including phenoxy) is 2. The van der Waals surface area contributed by atoms with Crippen molar-refractivity contribution < 1.29 is 14.6 Å². The van der Waals surface area contributed by atoms with Crippen LogP contribution in [0.25, 0.3) is 11.3 Å². The Hall–Kier alpha value is -2.07. The predicted octanol–water partition coefficient (Wildman–Crippen LogP) is 3.53. The van der Waals surface area contributed by atoms with Gasteiger partial charge in [-0.05, 0) is 37.0 Å². The molecule has 0 unspecified atom stereocenters. The average molecular weight is 299 g/mol. The van der Waals surface area contributed by atoms with Crippen LogP contribution in [0.15, 0.2) is 30.5 Å². The summed E-state index contributed by atoms with van der Waals surface area (Å²) in [6.45, 7) is -0.0315. The lowest BCUT2D eigenvalue weighted by Gasteiger charge is -2.28. The SMILES string of the molecule is COc1cc(-c2ncccc2CO)cc(C2CCC2)c1OC. The topological polar surface area (TPSA) is 51.6 Å². The van der Waals surface area contributed by atoms with Crippen LogP contribution in [0.3, 0.4) is 0 Å². The zero-order valence-corrected chi connectivity index (χ0v) is 13.0. The van der Waals surface area contributed by atoms with Crippen molar-refractivity contribution in [2.75, 3.05) is 14.2 Å². The van der Waals surface area contributed by atoms with Crippen LogP contribution in [0.2, 0.25) is 0 Å². The lowest BCUT2D eigenvalue weighted by atomic mass is 9.79. The summed E-state index contributed by atoms with van der Waals surface area (Å²) >= 11 is 0. The van der Waals surface area contributed by atoms with Crippen molar-refractivity contribution in [3.63, 3.8) is 0 Å². The minimum absolute atomic E-state index is 0.0315. The first-order valence-electron chi connectivity index (χ1n) is 7.59. The highest BCUT2D eigenvalue weighted by atomic mass is 16.5. The molecule has 1 aliphatic rings. The van der Waals surface area contributed by atoms with Crippen molar-refractivity contribution in [1.29, 1.82) is 0 Å². The first-order valence-corrected chi connectivity index (χ1v) is 7.59. The molecular weight excluding hydrogens is 278 g/mol. The van der Waals surface area contributed by atoms with E-state index in [4.69, 9.17) is 9.47 Å². The van der Waals surface area contributed by atoms with Crippen molar-refractivity contribution in [1.82, 2.24) is 4.98 Å². The Bertz CT molecular complexity index is 665. The molecule has 116 valence electrons. The van der Waals surface area contributed by atoms with Gasteiger partial charge in [0.15, 0.2) is 11.5 Å². The van der Waals surface area contributed by atoms with Gasteiger partial charge < -0.3 is 14.6 Å². The summed E-state index contributed by atoms with van der Waals surface area (Å²) < 4.78 is 11.1. The first-order chi connectivity index (χ1) is 10.8. The fraction of sp³-hybridized carbons (Fsp3) is 0.389. The maximum absolute atomic E-state index is 9.55. The monoisotopic (exact) mass is 299 g/mol. The zero-order valence-electron chi connectivity index (χ0n) is 13.0. The number of hydrogen-bond donors (Lipinski definition) is 1. The van der Waals surface area contributed by atoms with E-state index >= 15 is 0 Å². The third-order valence-corrected chi connectivity index (χ3v) is 4.39. The smallest absolute Gasteiger partial charge is 0.164 e. The normalized spacial score (nSPS) is 14.5. The molecule has 0 spiro atoms. The van der Waals surface area contributed by atoms with E-state index in [0.29, 0.717) is 5.92 Å². The Kier molecular flexibility index (Phi) is 4.29. The lowest BCUT2D eigenvalue weighted by molar-refractivity contribution is 0.282. The maximum Gasteiger partial charge on any atom is 0.164 e. The van der Waals surface area contributed by atoms with E-state index in [-0.39, 0.29) is 6.61 Å². The largest absolute Gasteiger partial charge is 0.493 e. The van der Waals surface area contributed by atoms with Crippen molar-refractivity contribution >= 4 is 0 Å². The van der Waals surface area contributed by atoms with E-state index in [1.165, 1.54) is 24.8 Å².